The molecular formula is C32H36N6O6S. The molecule has 1 fully saturated rings. The largest absolute Gasteiger partial charge is 0.467 e. The fraction of sp³-hybridized carbons (Fsp3) is 0.344. The van der Waals surface area contributed by atoms with Gasteiger partial charge in [-0.15, -0.1) is 5.10 Å². The van der Waals surface area contributed by atoms with Crippen molar-refractivity contribution in [2.75, 3.05) is 18.2 Å². The molecule has 3 N–H and O–H groups in total. The van der Waals surface area contributed by atoms with Gasteiger partial charge < -0.3 is 30.0 Å². The van der Waals surface area contributed by atoms with Crippen LogP contribution in [0, 0.1) is 5.92 Å². The predicted octanol–water partition coefficient (Wildman–Crippen LogP) is 4.19. The first kappa shape index (κ1) is 32.1. The zero-order valence-corrected chi connectivity index (χ0v) is 26.0. The summed E-state index contributed by atoms with van der Waals surface area (Å²) in [6.45, 7) is 2.05. The van der Waals surface area contributed by atoms with E-state index in [-0.39, 0.29) is 24.7 Å². The number of hydrogen-bond donors (Lipinski definition) is 3. The summed E-state index contributed by atoms with van der Waals surface area (Å²) in [6, 6.07) is 22.9. The zero-order chi connectivity index (χ0) is 31.8. The van der Waals surface area contributed by atoms with Crippen molar-refractivity contribution in [1.29, 1.82) is 0 Å². The summed E-state index contributed by atoms with van der Waals surface area (Å²) in [5.41, 5.74) is 4.00. The fourth-order valence-corrected chi connectivity index (χ4v) is 6.06. The molecule has 0 saturated carbocycles. The number of hydrogen-bond acceptors (Lipinski definition) is 10. The van der Waals surface area contributed by atoms with Gasteiger partial charge >= 0.3 is 12.0 Å². The number of carbonyl (C=O) groups excluding carboxylic acids is 2. The molecule has 0 aliphatic carbocycles. The van der Waals surface area contributed by atoms with Crippen molar-refractivity contribution in [3.8, 4) is 0 Å². The van der Waals surface area contributed by atoms with Gasteiger partial charge in [0.25, 0.3) is 0 Å². The third kappa shape index (κ3) is 8.25. The predicted molar refractivity (Wildman–Crippen MR) is 167 cm³/mol. The lowest BCUT2D eigenvalue weighted by Gasteiger charge is -2.41. The van der Waals surface area contributed by atoms with Crippen molar-refractivity contribution in [3.63, 3.8) is 0 Å². The Hall–Kier alpha value is -4.30. The zero-order valence-electron chi connectivity index (χ0n) is 25.2. The molecule has 0 bridgehead atoms. The van der Waals surface area contributed by atoms with Gasteiger partial charge in [-0.3, -0.25) is 0 Å². The topological polar surface area (TPSA) is 150 Å². The van der Waals surface area contributed by atoms with Crippen molar-refractivity contribution in [2.45, 2.75) is 49.6 Å². The van der Waals surface area contributed by atoms with Crippen LogP contribution >= 0.6 is 11.8 Å². The van der Waals surface area contributed by atoms with Gasteiger partial charge in [0.15, 0.2) is 6.29 Å². The molecule has 4 aromatic rings. The quantitative estimate of drug-likeness (QED) is 0.162. The Kier molecular flexibility index (Phi) is 10.8. The molecule has 236 valence electrons. The van der Waals surface area contributed by atoms with E-state index in [1.54, 1.807) is 23.9 Å². The number of methoxy groups -OCH3 is 1. The van der Waals surface area contributed by atoms with Crippen LogP contribution in [0.15, 0.2) is 84.0 Å². The molecule has 2 heterocycles. The first-order chi connectivity index (χ1) is 21.8. The summed E-state index contributed by atoms with van der Waals surface area (Å²) in [5.74, 6) is 0.0667. The normalized spacial score (nSPS) is 20.3. The second-order valence-electron chi connectivity index (χ2n) is 10.7. The number of aryl methyl sites for hydroxylation is 1. The lowest BCUT2D eigenvalue weighted by Crippen LogP contribution is -2.45. The van der Waals surface area contributed by atoms with Crippen molar-refractivity contribution in [2.24, 2.45) is 13.0 Å². The maximum atomic E-state index is 12.8. The van der Waals surface area contributed by atoms with E-state index in [0.717, 1.165) is 22.3 Å². The number of carbonyl (C=O) groups is 2. The first-order valence-corrected chi connectivity index (χ1v) is 15.5. The Labute approximate surface area is 265 Å². The van der Waals surface area contributed by atoms with Crippen LogP contribution in [0.3, 0.4) is 0 Å². The summed E-state index contributed by atoms with van der Waals surface area (Å²) in [4.78, 5) is 25.2. The third-order valence-electron chi connectivity index (χ3n) is 7.60. The van der Waals surface area contributed by atoms with E-state index in [2.05, 4.69) is 33.1 Å². The van der Waals surface area contributed by atoms with Crippen LogP contribution in [0.1, 0.15) is 41.6 Å². The molecule has 12 nitrogen and oxygen atoms in total. The van der Waals surface area contributed by atoms with E-state index in [4.69, 9.17) is 14.2 Å². The number of nitrogens with zero attached hydrogens (tertiary/aromatic N) is 4. The number of ether oxygens (including phenoxy) is 3. The minimum absolute atomic E-state index is 0.00167. The molecule has 1 saturated heterocycles. The highest BCUT2D eigenvalue weighted by Gasteiger charge is 2.38. The Morgan fingerprint density at radius 2 is 1.71 bits per heavy atom. The number of rotatable bonds is 11. The Morgan fingerprint density at radius 3 is 2.36 bits per heavy atom. The fourth-order valence-electron chi connectivity index (χ4n) is 5.04. The Balaban J connectivity index is 1.28. The second-order valence-corrected chi connectivity index (χ2v) is 11.7. The van der Waals surface area contributed by atoms with Crippen LogP contribution < -0.4 is 10.6 Å². The lowest BCUT2D eigenvalue weighted by molar-refractivity contribution is -0.268. The average molecular weight is 633 g/mol. The molecule has 0 radical (unpaired) electrons. The number of nitrogens with one attached hydrogen (secondary N) is 2. The van der Waals surface area contributed by atoms with E-state index in [1.807, 2.05) is 66.7 Å². The van der Waals surface area contributed by atoms with Crippen molar-refractivity contribution in [3.05, 3.63) is 101 Å². The van der Waals surface area contributed by atoms with E-state index >= 15 is 0 Å². The van der Waals surface area contributed by atoms with Gasteiger partial charge in [0, 0.05) is 36.4 Å². The van der Waals surface area contributed by atoms with Crippen LogP contribution in [-0.2, 0) is 39.1 Å². The number of amides is 2. The summed E-state index contributed by atoms with van der Waals surface area (Å²) in [5, 5.41) is 27.4. The van der Waals surface area contributed by atoms with Gasteiger partial charge in [0.2, 0.25) is 5.16 Å². The minimum atomic E-state index is -0.849. The maximum absolute atomic E-state index is 12.8. The molecule has 1 aliphatic rings. The number of thioether (sulfide) groups is 1. The van der Waals surface area contributed by atoms with Crippen LogP contribution in [0.25, 0.3) is 0 Å². The molecule has 2 amide bonds. The second kappa shape index (κ2) is 15.1. The Bertz CT molecular complexity index is 1550. The third-order valence-corrected chi connectivity index (χ3v) is 8.70. The van der Waals surface area contributed by atoms with Gasteiger partial charge in [-0.05, 0) is 39.2 Å². The molecule has 3 aromatic carbocycles. The number of aliphatic hydroxyl groups is 1. The molecule has 1 aromatic heterocycles. The van der Waals surface area contributed by atoms with Crippen molar-refractivity contribution in [1.82, 2.24) is 25.5 Å². The number of aliphatic hydroxyl groups excluding tert-OH is 1. The molecule has 1 aliphatic heterocycles. The van der Waals surface area contributed by atoms with Crippen LogP contribution in [0.2, 0.25) is 0 Å². The highest BCUT2D eigenvalue weighted by molar-refractivity contribution is 7.99. The van der Waals surface area contributed by atoms with Gasteiger partial charge in [-0.25, -0.2) is 14.3 Å². The van der Waals surface area contributed by atoms with E-state index < -0.39 is 24.3 Å². The molecule has 0 unspecified atom stereocenters. The number of tetrazole rings is 1. The first-order valence-electron chi connectivity index (χ1n) is 14.5. The molecule has 0 spiro atoms. The van der Waals surface area contributed by atoms with E-state index in [9.17, 15) is 14.7 Å². The van der Waals surface area contributed by atoms with Gasteiger partial charge in [-0.1, -0.05) is 85.4 Å². The van der Waals surface area contributed by atoms with Gasteiger partial charge in [0.05, 0.1) is 25.9 Å². The standard InChI is InChI=1S/C32H36N6O6S/c1-20-27(19-45-32-35-36-37-38(32)2)43-30(44-28(20)23-11-9-22(18-39)10-12-23)24-13-15-25(16-14-24)33-31(41)34-26(29(40)42-3)17-21-7-5-4-6-8-21/h4-16,20,26-28,30,39H,17-19H2,1-3H3,(H2,33,34,41)/t20-,26-,27+,28+,30+/m0/s1. The molecule has 5 rings (SSSR count). The molecular weight excluding hydrogens is 596 g/mol. The molecule has 13 heteroatoms. The number of urea groups is 1. The van der Waals surface area contributed by atoms with Crippen LogP contribution in [0.4, 0.5) is 10.5 Å². The van der Waals surface area contributed by atoms with Gasteiger partial charge in [0.1, 0.15) is 6.04 Å². The number of benzene rings is 3. The smallest absolute Gasteiger partial charge is 0.328 e. The highest BCUT2D eigenvalue weighted by Crippen LogP contribution is 2.43. The number of esters is 1. The number of anilines is 1. The van der Waals surface area contributed by atoms with Crippen molar-refractivity contribution >= 4 is 29.4 Å². The summed E-state index contributed by atoms with van der Waals surface area (Å²) < 4.78 is 19.5. The van der Waals surface area contributed by atoms with Crippen LogP contribution in [-0.4, -0.2) is 62.3 Å². The SMILES string of the molecule is COC(=O)[C@H](Cc1ccccc1)NC(=O)Nc1ccc([C@@H]2O[C@H](CSc3nnnn3C)[C@H](C)[C@H](c3ccc(CO)cc3)O2)cc1. The highest BCUT2D eigenvalue weighted by atomic mass is 32.2. The van der Waals surface area contributed by atoms with E-state index in [0.29, 0.717) is 23.0 Å². The monoisotopic (exact) mass is 632 g/mol. The average Bonchev–Trinajstić information content (AvgIpc) is 3.48. The molecule has 5 atom stereocenters. The molecule has 45 heavy (non-hydrogen) atoms. The number of aromatic nitrogens is 4. The van der Waals surface area contributed by atoms with Crippen LogP contribution in [0.5, 0.6) is 0 Å². The van der Waals surface area contributed by atoms with Gasteiger partial charge in [-0.2, -0.15) is 0 Å². The van der Waals surface area contributed by atoms with Crippen molar-refractivity contribution < 1.29 is 28.9 Å². The Morgan fingerprint density at radius 1 is 1.00 bits per heavy atom. The van der Waals surface area contributed by atoms with E-state index in [1.165, 1.54) is 18.9 Å². The maximum Gasteiger partial charge on any atom is 0.328 e. The minimum Gasteiger partial charge on any atom is -0.467 e. The summed E-state index contributed by atoms with van der Waals surface area (Å²) in [7, 11) is 3.08. The lowest BCUT2D eigenvalue weighted by atomic mass is 9.91. The summed E-state index contributed by atoms with van der Waals surface area (Å²) >= 11 is 1.51. The summed E-state index contributed by atoms with van der Waals surface area (Å²) in [6.07, 6.45) is -0.852.